The minimum atomic E-state index is -1.99. The number of hydrogen-bond acceptors (Lipinski definition) is 4. The van der Waals surface area contributed by atoms with Crippen molar-refractivity contribution in [1.82, 2.24) is 9.55 Å². The number of fused-ring (bicyclic) bond motifs is 10. The summed E-state index contributed by atoms with van der Waals surface area (Å²) in [7, 11) is -3.98. The maximum atomic E-state index is 6.83. The summed E-state index contributed by atoms with van der Waals surface area (Å²) < 4.78 is 9.11. The topological polar surface area (TPSA) is 33.5 Å². The number of para-hydroxylation sites is 3. The van der Waals surface area contributed by atoms with Crippen molar-refractivity contribution in [1.29, 1.82) is 0 Å². The Morgan fingerprint density at radius 3 is 1.83 bits per heavy atom. The van der Waals surface area contributed by atoms with Crippen LogP contribution in [-0.4, -0.2) is 32.4 Å². The van der Waals surface area contributed by atoms with Crippen LogP contribution in [0.4, 0.5) is 22.7 Å². The molecule has 7 aromatic carbocycles. The molecule has 308 valence electrons. The number of nitrogens with zero attached hydrogens (tertiary/aromatic N) is 4. The fraction of sp³-hybridized carbons (Fsp3) is 0.161. The minimum Gasteiger partial charge on any atom is -0.457 e. The van der Waals surface area contributed by atoms with Gasteiger partial charge < -0.3 is 14.5 Å². The number of anilines is 4. The van der Waals surface area contributed by atoms with E-state index in [1.165, 1.54) is 55.7 Å². The van der Waals surface area contributed by atoms with Crippen molar-refractivity contribution in [3.05, 3.63) is 169 Å². The van der Waals surface area contributed by atoms with Gasteiger partial charge >= 0.3 is 0 Å². The lowest BCUT2D eigenvalue weighted by atomic mass is 9.88. The molecule has 5 nitrogen and oxygen atoms in total. The van der Waals surface area contributed by atoms with Crippen molar-refractivity contribution in [2.75, 3.05) is 16.5 Å². The van der Waals surface area contributed by atoms with Gasteiger partial charge in [0, 0.05) is 45.9 Å². The zero-order valence-corrected chi connectivity index (χ0v) is 39.0. The number of aromatic nitrogens is 2. The molecule has 0 saturated heterocycles. The zero-order chi connectivity index (χ0) is 43.0. The van der Waals surface area contributed by atoms with Gasteiger partial charge in [-0.15, -0.1) is 0 Å². The van der Waals surface area contributed by atoms with Crippen molar-refractivity contribution < 1.29 is 4.74 Å². The molecule has 3 aliphatic heterocycles. The molecule has 0 N–H and O–H groups in total. The smallest absolute Gasteiger partial charge is 0.137 e. The van der Waals surface area contributed by atoms with Crippen molar-refractivity contribution >= 4 is 81.5 Å². The third kappa shape index (κ3) is 5.55. The van der Waals surface area contributed by atoms with Crippen molar-refractivity contribution in [3.63, 3.8) is 0 Å². The molecule has 0 fully saturated rings. The van der Waals surface area contributed by atoms with Gasteiger partial charge in [-0.3, -0.25) is 4.57 Å². The Labute approximate surface area is 371 Å². The van der Waals surface area contributed by atoms with Gasteiger partial charge in [-0.1, -0.05) is 138 Å². The van der Waals surface area contributed by atoms with E-state index in [2.05, 4.69) is 219 Å². The second-order valence-corrected chi connectivity index (χ2v) is 28.3. The highest BCUT2D eigenvalue weighted by atomic mass is 28.3. The highest BCUT2D eigenvalue weighted by molar-refractivity contribution is 7.07. The Morgan fingerprint density at radius 2 is 1.13 bits per heavy atom. The quantitative estimate of drug-likeness (QED) is 0.162. The Bertz CT molecular complexity index is 3290. The van der Waals surface area contributed by atoms with E-state index in [9.17, 15) is 0 Å². The number of rotatable bonds is 5. The first-order chi connectivity index (χ1) is 30.4. The average molecular weight is 851 g/mol. The molecule has 9 aromatic rings. The van der Waals surface area contributed by atoms with Gasteiger partial charge in [-0.25, -0.2) is 4.98 Å². The van der Waals surface area contributed by atoms with Gasteiger partial charge in [-0.2, -0.15) is 0 Å². The first-order valence-corrected chi connectivity index (χ1v) is 28.2. The molecule has 0 amide bonds. The second-order valence-electron chi connectivity index (χ2n) is 19.7. The van der Waals surface area contributed by atoms with Gasteiger partial charge in [0.15, 0.2) is 0 Å². The van der Waals surface area contributed by atoms with E-state index in [-0.39, 0.29) is 5.41 Å². The summed E-state index contributed by atoms with van der Waals surface area (Å²) >= 11 is 0. The van der Waals surface area contributed by atoms with E-state index in [0.717, 1.165) is 34.0 Å². The van der Waals surface area contributed by atoms with Gasteiger partial charge in [0.25, 0.3) is 0 Å². The van der Waals surface area contributed by atoms with Crippen LogP contribution in [0.2, 0.25) is 26.2 Å². The molecule has 3 aliphatic rings. The van der Waals surface area contributed by atoms with Crippen molar-refractivity contribution in [2.45, 2.75) is 52.4 Å². The molecule has 2 aromatic heterocycles. The highest BCUT2D eigenvalue weighted by Crippen LogP contribution is 2.52. The summed E-state index contributed by atoms with van der Waals surface area (Å²) in [5.41, 5.74) is 14.0. The van der Waals surface area contributed by atoms with Gasteiger partial charge in [0.2, 0.25) is 0 Å². The lowest BCUT2D eigenvalue weighted by molar-refractivity contribution is 0.483. The lowest BCUT2D eigenvalue weighted by Gasteiger charge is -2.30. The minimum absolute atomic E-state index is 0.00242. The van der Waals surface area contributed by atoms with E-state index in [0.29, 0.717) is 6.67 Å². The molecule has 0 unspecified atom stereocenters. The van der Waals surface area contributed by atoms with Crippen LogP contribution in [0, 0.1) is 0 Å². The van der Waals surface area contributed by atoms with E-state index in [4.69, 9.17) is 9.72 Å². The second kappa shape index (κ2) is 13.4. The maximum absolute atomic E-state index is 6.83. The molecule has 0 atom stereocenters. The van der Waals surface area contributed by atoms with Crippen LogP contribution >= 0.6 is 0 Å². The monoisotopic (exact) mass is 850 g/mol. The lowest BCUT2D eigenvalue weighted by Crippen LogP contribution is -2.54. The van der Waals surface area contributed by atoms with E-state index in [1.54, 1.807) is 20.7 Å². The fourth-order valence-corrected chi connectivity index (χ4v) is 17.3. The molecular weight excluding hydrogens is 801 g/mol. The summed E-state index contributed by atoms with van der Waals surface area (Å²) in [6.07, 6.45) is 1.93. The van der Waals surface area contributed by atoms with E-state index < -0.39 is 16.1 Å². The Kier molecular flexibility index (Phi) is 8.10. The third-order valence-corrected chi connectivity index (χ3v) is 21.3. The molecule has 12 rings (SSSR count). The molecule has 0 bridgehead atoms. The predicted molar refractivity (Wildman–Crippen MR) is 270 cm³/mol. The van der Waals surface area contributed by atoms with E-state index in [1.807, 2.05) is 6.20 Å². The number of pyridine rings is 1. The van der Waals surface area contributed by atoms with Crippen LogP contribution in [-0.2, 0) is 5.41 Å². The highest BCUT2D eigenvalue weighted by Gasteiger charge is 2.47. The van der Waals surface area contributed by atoms with Crippen molar-refractivity contribution in [2.24, 2.45) is 0 Å². The summed E-state index contributed by atoms with van der Waals surface area (Å²) in [5, 5.41) is 8.60. The van der Waals surface area contributed by atoms with Crippen LogP contribution in [0.3, 0.4) is 0 Å². The largest absolute Gasteiger partial charge is 0.457 e. The Balaban J connectivity index is 0.966. The molecule has 5 heterocycles. The molecule has 63 heavy (non-hydrogen) atoms. The molecule has 0 saturated carbocycles. The zero-order valence-electron chi connectivity index (χ0n) is 37.0. The number of ether oxygens (including phenoxy) is 1. The summed E-state index contributed by atoms with van der Waals surface area (Å²) in [6, 6.07) is 58.2. The standard InChI is InChI=1S/C56H50N4OSi2/c1-56(2,3)36-29-30-57-52(31-36)60-44-22-11-8-19-40(44)41-28-27-39(33-47(41)60)61-38-18-16-17-37(32-38)58-35-59(46-24-13-12-23-45(46)58)55-53-42-20-9-14-25-48(42)62(4,5)50(53)34-51-54(55)43-21-10-15-26-49(43)63(51,6)7/h8-34H,35H2,1-7H3. The van der Waals surface area contributed by atoms with Crippen LogP contribution in [0.5, 0.6) is 11.5 Å². The molecular formula is C56H50N4OSi2. The maximum Gasteiger partial charge on any atom is 0.137 e. The summed E-state index contributed by atoms with van der Waals surface area (Å²) in [6.45, 7) is 17.6. The van der Waals surface area contributed by atoms with Crippen molar-refractivity contribution in [3.8, 4) is 39.6 Å². The molecule has 0 spiro atoms. The Morgan fingerprint density at radius 1 is 0.524 bits per heavy atom. The normalized spacial score (nSPS) is 15.3. The molecule has 0 aliphatic carbocycles. The molecule has 0 radical (unpaired) electrons. The summed E-state index contributed by atoms with van der Waals surface area (Å²) in [4.78, 5) is 10.0. The van der Waals surface area contributed by atoms with Gasteiger partial charge in [0.05, 0.1) is 28.1 Å². The van der Waals surface area contributed by atoms with Crippen LogP contribution in [0.25, 0.3) is 49.9 Å². The predicted octanol–water partition coefficient (Wildman–Crippen LogP) is 12.1. The van der Waals surface area contributed by atoms with Gasteiger partial charge in [0.1, 0.15) is 40.1 Å². The third-order valence-electron chi connectivity index (χ3n) is 14.3. The van der Waals surface area contributed by atoms with Gasteiger partial charge in [-0.05, 0) is 97.4 Å². The van der Waals surface area contributed by atoms with E-state index >= 15 is 0 Å². The first-order valence-electron chi connectivity index (χ1n) is 22.2. The Hall–Kier alpha value is -6.68. The number of benzene rings is 7. The van der Waals surface area contributed by atoms with Crippen LogP contribution in [0.1, 0.15) is 26.3 Å². The number of hydrogen-bond donors (Lipinski definition) is 0. The SMILES string of the molecule is CC(C)(C)c1ccnc(-n2c3ccccc3c3ccc(Oc4cccc(N5CN(c6c7c(cc8c6-c6ccccc6[Si]8(C)C)[Si](C)(C)c6ccccc6-7)c6ccccc65)c4)cc32)c1. The fourth-order valence-electron chi connectivity index (χ4n) is 11.0. The van der Waals surface area contributed by atoms with Crippen LogP contribution in [0.15, 0.2) is 164 Å². The average Bonchev–Trinajstić information content (AvgIpc) is 3.97. The van der Waals surface area contributed by atoms with Crippen LogP contribution < -0.4 is 35.3 Å². The molecule has 7 heteroatoms. The first kappa shape index (κ1) is 38.0. The summed E-state index contributed by atoms with van der Waals surface area (Å²) in [5.74, 6) is 2.48.